The van der Waals surface area contributed by atoms with E-state index in [9.17, 15) is 4.79 Å². The van der Waals surface area contributed by atoms with E-state index in [-0.39, 0.29) is 5.91 Å². The summed E-state index contributed by atoms with van der Waals surface area (Å²) in [4.78, 5) is 18.3. The standard InChI is InChI=1S/C22H23N7OS2/c1-5-9-28-19(25-26-22(28)31)18-15(4)23-21(32-18)24-20(30)17-8-6-7-16(11-17)12-29-14(3)10-13(2)27-29/h5-8,10-11H,1,9,12H2,2-4H3,(H,26,31)(H,23,24,30). The fraction of sp³-hybridized carbons (Fsp3) is 0.227. The van der Waals surface area contributed by atoms with E-state index in [4.69, 9.17) is 12.2 Å². The topological polar surface area (TPSA) is 93.4 Å². The molecule has 0 spiro atoms. The third kappa shape index (κ3) is 4.46. The summed E-state index contributed by atoms with van der Waals surface area (Å²) in [6.45, 7) is 10.8. The lowest BCUT2D eigenvalue weighted by Gasteiger charge is -2.07. The number of aromatic nitrogens is 6. The number of nitrogens with one attached hydrogen (secondary N) is 2. The first kappa shape index (κ1) is 21.8. The Labute approximate surface area is 194 Å². The number of rotatable bonds is 7. The van der Waals surface area contributed by atoms with Crippen molar-refractivity contribution < 1.29 is 4.79 Å². The van der Waals surface area contributed by atoms with Gasteiger partial charge in [-0.25, -0.2) is 4.98 Å². The van der Waals surface area contributed by atoms with Crippen molar-refractivity contribution in [1.82, 2.24) is 29.5 Å². The molecule has 2 N–H and O–H groups in total. The summed E-state index contributed by atoms with van der Waals surface area (Å²) in [5.74, 6) is 0.461. The minimum atomic E-state index is -0.217. The average molecular weight is 466 g/mol. The van der Waals surface area contributed by atoms with Gasteiger partial charge in [-0.2, -0.15) is 10.2 Å². The quantitative estimate of drug-likeness (QED) is 0.306. The summed E-state index contributed by atoms with van der Waals surface area (Å²) < 4.78 is 4.29. The van der Waals surface area contributed by atoms with Crippen LogP contribution in [0.3, 0.4) is 0 Å². The van der Waals surface area contributed by atoms with Gasteiger partial charge in [0.05, 0.1) is 22.8 Å². The molecule has 0 bridgehead atoms. The minimum Gasteiger partial charge on any atom is -0.298 e. The number of allylic oxidation sites excluding steroid dienone is 1. The maximum absolute atomic E-state index is 12.9. The van der Waals surface area contributed by atoms with Gasteiger partial charge in [-0.3, -0.25) is 24.5 Å². The van der Waals surface area contributed by atoms with Crippen molar-refractivity contribution in [1.29, 1.82) is 0 Å². The molecule has 4 rings (SSSR count). The van der Waals surface area contributed by atoms with Gasteiger partial charge in [0.25, 0.3) is 5.91 Å². The lowest BCUT2D eigenvalue weighted by Crippen LogP contribution is -2.12. The largest absolute Gasteiger partial charge is 0.298 e. The molecule has 0 radical (unpaired) electrons. The van der Waals surface area contributed by atoms with Crippen LogP contribution in [0.2, 0.25) is 0 Å². The smallest absolute Gasteiger partial charge is 0.257 e. The highest BCUT2D eigenvalue weighted by molar-refractivity contribution is 7.71. The van der Waals surface area contributed by atoms with Gasteiger partial charge in [0.15, 0.2) is 15.7 Å². The average Bonchev–Trinajstić information content (AvgIpc) is 3.39. The van der Waals surface area contributed by atoms with E-state index in [0.717, 1.165) is 27.5 Å². The molecule has 0 unspecified atom stereocenters. The summed E-state index contributed by atoms with van der Waals surface area (Å²) in [7, 11) is 0. The Balaban J connectivity index is 1.54. The number of carbonyl (C=O) groups is 1. The molecule has 0 saturated heterocycles. The predicted octanol–water partition coefficient (Wildman–Crippen LogP) is 4.67. The van der Waals surface area contributed by atoms with E-state index in [2.05, 4.69) is 32.2 Å². The van der Waals surface area contributed by atoms with E-state index in [1.165, 1.54) is 11.3 Å². The minimum absolute atomic E-state index is 0.217. The molecule has 32 heavy (non-hydrogen) atoms. The SMILES string of the molecule is C=CCn1c(-c2sc(NC(=O)c3cccc(Cn4nc(C)cc4C)c3)nc2C)n[nH]c1=S. The number of H-pyrrole nitrogens is 1. The number of nitrogens with zero attached hydrogens (tertiary/aromatic N) is 5. The first-order chi connectivity index (χ1) is 15.4. The van der Waals surface area contributed by atoms with Gasteiger partial charge in [-0.15, -0.1) is 6.58 Å². The zero-order valence-electron chi connectivity index (χ0n) is 18.0. The number of hydrogen-bond donors (Lipinski definition) is 2. The zero-order valence-corrected chi connectivity index (χ0v) is 19.7. The van der Waals surface area contributed by atoms with E-state index in [0.29, 0.717) is 34.4 Å². The van der Waals surface area contributed by atoms with Crippen molar-refractivity contribution in [3.05, 3.63) is 76.0 Å². The number of aromatic amines is 1. The van der Waals surface area contributed by atoms with Gasteiger partial charge < -0.3 is 0 Å². The molecule has 1 amide bonds. The van der Waals surface area contributed by atoms with Crippen LogP contribution in [0.25, 0.3) is 10.7 Å². The lowest BCUT2D eigenvalue weighted by atomic mass is 10.1. The van der Waals surface area contributed by atoms with Crippen LogP contribution in [0.4, 0.5) is 5.13 Å². The molecule has 3 heterocycles. The third-order valence-electron chi connectivity index (χ3n) is 4.91. The van der Waals surface area contributed by atoms with Gasteiger partial charge in [0, 0.05) is 17.8 Å². The van der Waals surface area contributed by atoms with Gasteiger partial charge >= 0.3 is 0 Å². The number of thiazole rings is 1. The van der Waals surface area contributed by atoms with Crippen molar-refractivity contribution in [3.8, 4) is 10.7 Å². The Morgan fingerprint density at radius 1 is 1.31 bits per heavy atom. The van der Waals surface area contributed by atoms with Crippen molar-refractivity contribution in [2.45, 2.75) is 33.9 Å². The number of aryl methyl sites for hydroxylation is 3. The summed E-state index contributed by atoms with van der Waals surface area (Å²) in [5, 5.41) is 15.0. The molecular formula is C22H23N7OS2. The van der Waals surface area contributed by atoms with Crippen molar-refractivity contribution in [3.63, 3.8) is 0 Å². The normalized spacial score (nSPS) is 11.0. The van der Waals surface area contributed by atoms with E-state index < -0.39 is 0 Å². The third-order valence-corrected chi connectivity index (χ3v) is 6.30. The summed E-state index contributed by atoms with van der Waals surface area (Å²) in [5.41, 5.74) is 4.38. The van der Waals surface area contributed by atoms with Crippen molar-refractivity contribution in [2.75, 3.05) is 5.32 Å². The molecule has 0 aliphatic carbocycles. The van der Waals surface area contributed by atoms with Crippen molar-refractivity contribution >= 4 is 34.6 Å². The molecule has 164 valence electrons. The molecule has 0 saturated carbocycles. The van der Waals surface area contributed by atoms with Crippen LogP contribution in [0.1, 0.15) is 33.0 Å². The highest BCUT2D eigenvalue weighted by Gasteiger charge is 2.18. The van der Waals surface area contributed by atoms with Gasteiger partial charge in [0.1, 0.15) is 0 Å². The van der Waals surface area contributed by atoms with Gasteiger partial charge in [0.2, 0.25) is 0 Å². The Hall–Kier alpha value is -3.37. The molecular weight excluding hydrogens is 442 g/mol. The van der Waals surface area contributed by atoms with Crippen LogP contribution in [0.5, 0.6) is 0 Å². The van der Waals surface area contributed by atoms with Crippen LogP contribution in [0.15, 0.2) is 43.0 Å². The second-order valence-electron chi connectivity index (χ2n) is 7.42. The van der Waals surface area contributed by atoms with Crippen LogP contribution in [0, 0.1) is 25.5 Å². The Morgan fingerprint density at radius 2 is 2.12 bits per heavy atom. The zero-order chi connectivity index (χ0) is 22.8. The maximum Gasteiger partial charge on any atom is 0.257 e. The fourth-order valence-corrected chi connectivity index (χ4v) is 4.60. The first-order valence-corrected chi connectivity index (χ1v) is 11.2. The molecule has 1 aromatic carbocycles. The van der Waals surface area contributed by atoms with Crippen LogP contribution < -0.4 is 5.32 Å². The summed E-state index contributed by atoms with van der Waals surface area (Å²) in [6.07, 6.45) is 1.76. The van der Waals surface area contributed by atoms with Crippen LogP contribution in [-0.2, 0) is 13.1 Å². The van der Waals surface area contributed by atoms with Crippen molar-refractivity contribution in [2.24, 2.45) is 0 Å². The van der Waals surface area contributed by atoms with E-state index in [1.54, 1.807) is 12.1 Å². The maximum atomic E-state index is 12.9. The second-order valence-corrected chi connectivity index (χ2v) is 8.81. The first-order valence-electron chi connectivity index (χ1n) is 10.0. The number of anilines is 1. The highest BCUT2D eigenvalue weighted by atomic mass is 32.1. The molecule has 3 aromatic heterocycles. The molecule has 0 atom stereocenters. The number of benzene rings is 1. The number of amides is 1. The number of carbonyl (C=O) groups excluding carboxylic acids is 1. The molecule has 8 nitrogen and oxygen atoms in total. The second kappa shape index (κ2) is 9.01. The van der Waals surface area contributed by atoms with Gasteiger partial charge in [-0.05, 0) is 56.8 Å². The summed E-state index contributed by atoms with van der Waals surface area (Å²) in [6, 6.07) is 9.56. The Morgan fingerprint density at radius 3 is 2.84 bits per heavy atom. The van der Waals surface area contributed by atoms with Crippen LogP contribution in [-0.4, -0.2) is 35.4 Å². The Kier molecular flexibility index (Phi) is 6.15. The highest BCUT2D eigenvalue weighted by Crippen LogP contribution is 2.32. The molecule has 0 aliphatic heterocycles. The molecule has 0 fully saturated rings. The molecule has 10 heteroatoms. The molecule has 0 aliphatic rings. The lowest BCUT2D eigenvalue weighted by molar-refractivity contribution is 0.102. The summed E-state index contributed by atoms with van der Waals surface area (Å²) >= 11 is 6.66. The fourth-order valence-electron chi connectivity index (χ4n) is 3.44. The molecule has 4 aromatic rings. The van der Waals surface area contributed by atoms with Gasteiger partial charge in [-0.1, -0.05) is 29.5 Å². The predicted molar refractivity (Wildman–Crippen MR) is 129 cm³/mol. The van der Waals surface area contributed by atoms with Crippen LogP contribution >= 0.6 is 23.6 Å². The monoisotopic (exact) mass is 465 g/mol. The Bertz CT molecular complexity index is 1360. The van der Waals surface area contributed by atoms with E-state index >= 15 is 0 Å². The van der Waals surface area contributed by atoms with E-state index in [1.807, 2.05) is 54.3 Å². The number of hydrogen-bond acceptors (Lipinski definition) is 6.